The summed E-state index contributed by atoms with van der Waals surface area (Å²) in [6.07, 6.45) is 0.747. The zero-order valence-electron chi connectivity index (χ0n) is 8.45. The molecular formula is C11H15NOS. The fourth-order valence-electron chi connectivity index (χ4n) is 1.71. The van der Waals surface area contributed by atoms with Crippen molar-refractivity contribution in [2.24, 2.45) is 0 Å². The quantitative estimate of drug-likeness (QED) is 0.734. The molecule has 1 atom stereocenters. The Bertz CT molecular complexity index is 332. The van der Waals surface area contributed by atoms with Crippen LogP contribution < -0.4 is 4.72 Å². The summed E-state index contributed by atoms with van der Waals surface area (Å²) in [7, 11) is 0. The van der Waals surface area contributed by atoms with Crippen LogP contribution in [0, 0.1) is 0 Å². The second kappa shape index (κ2) is 3.57. The summed E-state index contributed by atoms with van der Waals surface area (Å²) in [5, 5.41) is 9.75. The fraction of sp³-hybridized carbons (Fsp3) is 0.455. The minimum atomic E-state index is -0.615. The average Bonchev–Trinajstić information content (AvgIpc) is 2.47. The summed E-state index contributed by atoms with van der Waals surface area (Å²) in [6, 6.07) is 8.59. The van der Waals surface area contributed by atoms with E-state index in [9.17, 15) is 5.11 Å². The van der Waals surface area contributed by atoms with Gasteiger partial charge < -0.3 is 5.11 Å². The van der Waals surface area contributed by atoms with E-state index < -0.39 is 5.60 Å². The van der Waals surface area contributed by atoms with Crippen LogP contribution in [0.2, 0.25) is 0 Å². The summed E-state index contributed by atoms with van der Waals surface area (Å²) in [6.45, 7) is 3.70. The van der Waals surface area contributed by atoms with Crippen molar-refractivity contribution in [2.75, 3.05) is 0 Å². The van der Waals surface area contributed by atoms with Crippen molar-refractivity contribution in [3.8, 4) is 0 Å². The minimum absolute atomic E-state index is 0.274. The summed E-state index contributed by atoms with van der Waals surface area (Å²) in [5.74, 6) is 0. The van der Waals surface area contributed by atoms with Crippen LogP contribution in [0.25, 0.3) is 0 Å². The third-order valence-electron chi connectivity index (χ3n) is 2.31. The molecular weight excluding hydrogens is 194 g/mol. The Balaban J connectivity index is 2.18. The monoisotopic (exact) mass is 209 g/mol. The van der Waals surface area contributed by atoms with Crippen LogP contribution in [0.5, 0.6) is 0 Å². The summed E-state index contributed by atoms with van der Waals surface area (Å²) < 4.78 is 3.34. The van der Waals surface area contributed by atoms with Crippen LogP contribution in [0.3, 0.4) is 0 Å². The Kier molecular flexibility index (Phi) is 2.56. The van der Waals surface area contributed by atoms with Crippen LogP contribution >= 0.6 is 11.9 Å². The molecule has 0 radical (unpaired) electrons. The van der Waals surface area contributed by atoms with Gasteiger partial charge in [0.1, 0.15) is 0 Å². The van der Waals surface area contributed by atoms with Crippen LogP contribution in [0.1, 0.15) is 31.9 Å². The van der Waals surface area contributed by atoms with Gasteiger partial charge in [-0.25, -0.2) is 0 Å². The van der Waals surface area contributed by atoms with E-state index in [1.54, 1.807) is 11.9 Å². The number of hydrogen-bond acceptors (Lipinski definition) is 3. The molecule has 14 heavy (non-hydrogen) atoms. The molecule has 0 saturated carbocycles. The highest BCUT2D eigenvalue weighted by molar-refractivity contribution is 7.97. The number of benzene rings is 1. The molecule has 76 valence electrons. The van der Waals surface area contributed by atoms with Crippen LogP contribution in [0.4, 0.5) is 0 Å². The van der Waals surface area contributed by atoms with Gasteiger partial charge in [0, 0.05) is 10.9 Å². The lowest BCUT2D eigenvalue weighted by molar-refractivity contribution is 0.0622. The normalized spacial score (nSPS) is 20.9. The van der Waals surface area contributed by atoms with Crippen molar-refractivity contribution in [2.45, 2.75) is 36.8 Å². The Hall–Kier alpha value is -0.510. The van der Waals surface area contributed by atoms with Crippen LogP contribution in [-0.2, 0) is 0 Å². The Morgan fingerprint density at radius 1 is 1.43 bits per heavy atom. The molecule has 2 nitrogen and oxygen atoms in total. The molecule has 0 fully saturated rings. The maximum atomic E-state index is 9.75. The second-order valence-electron chi connectivity index (χ2n) is 4.33. The SMILES string of the molecule is CC(C)(O)CC1NSc2ccccc21. The lowest BCUT2D eigenvalue weighted by Gasteiger charge is -2.21. The standard InChI is InChI=1S/C11H15NOS/c1-11(2,13)7-9-8-5-3-4-6-10(8)14-12-9/h3-6,9,12-13H,7H2,1-2H3. The molecule has 0 aromatic heterocycles. The smallest absolute Gasteiger partial charge is 0.0610 e. The van der Waals surface area contributed by atoms with Crippen molar-refractivity contribution in [1.29, 1.82) is 0 Å². The molecule has 1 aromatic rings. The highest BCUT2D eigenvalue weighted by atomic mass is 32.2. The van der Waals surface area contributed by atoms with Crippen molar-refractivity contribution in [3.05, 3.63) is 29.8 Å². The van der Waals surface area contributed by atoms with Gasteiger partial charge in [0.05, 0.1) is 5.60 Å². The molecule has 1 unspecified atom stereocenters. The van der Waals surface area contributed by atoms with Gasteiger partial charge in [0.25, 0.3) is 0 Å². The first-order valence-electron chi connectivity index (χ1n) is 4.80. The lowest BCUT2D eigenvalue weighted by atomic mass is 9.95. The van der Waals surface area contributed by atoms with Gasteiger partial charge in [-0.2, -0.15) is 0 Å². The van der Waals surface area contributed by atoms with Gasteiger partial charge in [-0.15, -0.1) is 0 Å². The first-order valence-corrected chi connectivity index (χ1v) is 5.61. The third kappa shape index (κ3) is 2.11. The molecule has 1 aliphatic heterocycles. The number of hydrogen-bond donors (Lipinski definition) is 2. The zero-order chi connectivity index (χ0) is 10.2. The first-order chi connectivity index (χ1) is 6.56. The van der Waals surface area contributed by atoms with Gasteiger partial charge in [-0.05, 0) is 43.8 Å². The fourth-order valence-corrected chi connectivity index (χ4v) is 2.66. The van der Waals surface area contributed by atoms with Gasteiger partial charge >= 0.3 is 0 Å². The number of fused-ring (bicyclic) bond motifs is 1. The third-order valence-corrected chi connectivity index (χ3v) is 3.30. The van der Waals surface area contributed by atoms with E-state index in [1.165, 1.54) is 10.5 Å². The van der Waals surface area contributed by atoms with Gasteiger partial charge in [0.2, 0.25) is 0 Å². The number of aliphatic hydroxyl groups is 1. The molecule has 1 aromatic carbocycles. The Morgan fingerprint density at radius 3 is 2.86 bits per heavy atom. The number of nitrogens with one attached hydrogen (secondary N) is 1. The summed E-state index contributed by atoms with van der Waals surface area (Å²) in [4.78, 5) is 1.28. The van der Waals surface area contributed by atoms with E-state index in [-0.39, 0.29) is 6.04 Å². The average molecular weight is 209 g/mol. The first kappa shape index (κ1) is 10.0. The maximum Gasteiger partial charge on any atom is 0.0610 e. The minimum Gasteiger partial charge on any atom is -0.390 e. The van der Waals surface area contributed by atoms with Crippen LogP contribution in [0.15, 0.2) is 29.2 Å². The molecule has 0 aliphatic carbocycles. The molecule has 0 amide bonds. The van der Waals surface area contributed by atoms with Crippen molar-refractivity contribution >= 4 is 11.9 Å². The Morgan fingerprint density at radius 2 is 2.14 bits per heavy atom. The Labute approximate surface area is 88.9 Å². The highest BCUT2D eigenvalue weighted by Gasteiger charge is 2.27. The second-order valence-corrected chi connectivity index (χ2v) is 5.21. The van der Waals surface area contributed by atoms with Gasteiger partial charge in [0.15, 0.2) is 0 Å². The molecule has 2 rings (SSSR count). The summed E-state index contributed by atoms with van der Waals surface area (Å²) in [5.41, 5.74) is 0.690. The van der Waals surface area contributed by atoms with Crippen molar-refractivity contribution in [3.63, 3.8) is 0 Å². The molecule has 0 bridgehead atoms. The van der Waals surface area contributed by atoms with Gasteiger partial charge in [-0.1, -0.05) is 18.2 Å². The predicted molar refractivity (Wildman–Crippen MR) is 59.1 cm³/mol. The predicted octanol–water partition coefficient (Wildman–Crippen LogP) is 2.50. The van der Waals surface area contributed by atoms with E-state index in [0.717, 1.165) is 6.42 Å². The van der Waals surface area contributed by atoms with E-state index in [2.05, 4.69) is 16.9 Å². The topological polar surface area (TPSA) is 32.3 Å². The lowest BCUT2D eigenvalue weighted by Crippen LogP contribution is -2.25. The molecule has 1 heterocycles. The molecule has 3 heteroatoms. The largest absolute Gasteiger partial charge is 0.390 e. The maximum absolute atomic E-state index is 9.75. The molecule has 1 aliphatic rings. The molecule has 0 saturated heterocycles. The van der Waals surface area contributed by atoms with E-state index in [1.807, 2.05) is 26.0 Å². The van der Waals surface area contributed by atoms with E-state index in [4.69, 9.17) is 0 Å². The van der Waals surface area contributed by atoms with Crippen molar-refractivity contribution < 1.29 is 5.11 Å². The van der Waals surface area contributed by atoms with E-state index >= 15 is 0 Å². The van der Waals surface area contributed by atoms with Gasteiger partial charge in [-0.3, -0.25) is 4.72 Å². The highest BCUT2D eigenvalue weighted by Crippen LogP contribution is 2.38. The van der Waals surface area contributed by atoms with E-state index in [0.29, 0.717) is 0 Å². The van der Waals surface area contributed by atoms with Crippen LogP contribution in [-0.4, -0.2) is 10.7 Å². The number of rotatable bonds is 2. The molecule has 2 N–H and O–H groups in total. The summed E-state index contributed by atoms with van der Waals surface area (Å²) >= 11 is 1.66. The molecule has 0 spiro atoms. The zero-order valence-corrected chi connectivity index (χ0v) is 9.27. The van der Waals surface area contributed by atoms with Crippen molar-refractivity contribution in [1.82, 2.24) is 4.72 Å².